The number of carbonyl (C=O) groups is 3. The Balaban J connectivity index is 0.00000392. The van der Waals surface area contributed by atoms with Gasteiger partial charge in [-0.25, -0.2) is 14.7 Å². The molecule has 2 aliphatic rings. The van der Waals surface area contributed by atoms with E-state index in [1.807, 2.05) is 0 Å². The number of nitrogens with two attached hydrogens (primary N) is 1. The Morgan fingerprint density at radius 1 is 0.964 bits per heavy atom. The van der Waals surface area contributed by atoms with Crippen molar-refractivity contribution in [3.8, 4) is 11.1 Å². The molecular formula is C19H23N2NaO6. The molecular weight excluding hydrogens is 375 g/mol. The minimum absolute atomic E-state index is 0. The minimum atomic E-state index is -0.644. The van der Waals surface area contributed by atoms with Gasteiger partial charge in [0.05, 0.1) is 36.4 Å². The van der Waals surface area contributed by atoms with Gasteiger partial charge >= 0.3 is 41.5 Å². The molecule has 0 aliphatic heterocycles. The van der Waals surface area contributed by atoms with Crippen LogP contribution in [0.1, 0.15) is 40.1 Å². The summed E-state index contributed by atoms with van der Waals surface area (Å²) in [6.45, 7) is 3.64. The molecule has 2 aliphatic carbocycles. The number of nitrogen functional groups attached to an aromatic ring is 1. The summed E-state index contributed by atoms with van der Waals surface area (Å²) in [5.41, 5.74) is 7.68. The Kier molecular flexibility index (Phi) is 8.90. The van der Waals surface area contributed by atoms with Crippen LogP contribution in [0.5, 0.6) is 0 Å². The molecule has 0 spiro atoms. The third-order valence-electron chi connectivity index (χ3n) is 3.97. The molecule has 0 unspecified atom stereocenters. The third kappa shape index (κ3) is 5.02. The average Bonchev–Trinajstić information content (AvgIpc) is 2.74. The molecule has 0 atom stereocenters. The summed E-state index contributed by atoms with van der Waals surface area (Å²) < 4.78 is 10.1. The van der Waals surface area contributed by atoms with E-state index in [1.165, 1.54) is 7.05 Å². The molecule has 3 N–H and O–H groups in total. The van der Waals surface area contributed by atoms with Gasteiger partial charge in [-0.2, -0.15) is 0 Å². The van der Waals surface area contributed by atoms with Crippen LogP contribution in [0.25, 0.3) is 11.1 Å². The molecule has 0 saturated heterocycles. The Hall–Kier alpha value is -2.13. The Morgan fingerprint density at radius 2 is 1.39 bits per heavy atom. The molecule has 146 valence electrons. The first-order valence-corrected chi connectivity index (χ1v) is 8.45. The van der Waals surface area contributed by atoms with E-state index >= 15 is 0 Å². The second-order valence-corrected chi connectivity index (χ2v) is 5.77. The molecule has 0 aromatic heterocycles. The van der Waals surface area contributed by atoms with Crippen LogP contribution in [0.15, 0.2) is 24.3 Å². The molecule has 0 saturated carbocycles. The van der Waals surface area contributed by atoms with Crippen LogP contribution in [0.4, 0.5) is 5.69 Å². The molecule has 0 heterocycles. The molecule has 1 amide bonds. The number of hydrogen-bond donors (Lipinski definition) is 2. The summed E-state index contributed by atoms with van der Waals surface area (Å²) in [4.78, 5) is 36.5. The average molecular weight is 398 g/mol. The molecule has 0 fully saturated rings. The zero-order chi connectivity index (χ0) is 20.1. The summed E-state index contributed by atoms with van der Waals surface area (Å²) in [7, 11) is 1.24. The van der Waals surface area contributed by atoms with E-state index in [0.29, 0.717) is 21.8 Å². The Bertz CT molecular complexity index is 797. The molecule has 0 bridgehead atoms. The number of anilines is 1. The van der Waals surface area contributed by atoms with Crippen LogP contribution in [-0.4, -0.2) is 77.9 Å². The fourth-order valence-corrected chi connectivity index (χ4v) is 2.72. The van der Waals surface area contributed by atoms with Gasteiger partial charge in [-0.1, -0.05) is 24.3 Å². The molecule has 0 radical (unpaired) electrons. The number of esters is 2. The van der Waals surface area contributed by atoms with E-state index in [-0.39, 0.29) is 66.0 Å². The van der Waals surface area contributed by atoms with Crippen LogP contribution in [-0.2, 0) is 20.7 Å². The van der Waals surface area contributed by atoms with E-state index in [4.69, 9.17) is 15.2 Å². The van der Waals surface area contributed by atoms with Crippen LogP contribution >= 0.6 is 0 Å². The van der Waals surface area contributed by atoms with Gasteiger partial charge < -0.3 is 15.2 Å². The third-order valence-corrected chi connectivity index (χ3v) is 3.97. The summed E-state index contributed by atoms with van der Waals surface area (Å²) in [6.07, 6.45) is -0.0523. The SMILES string of the molecule is CCOC(=O)c1c2ccc(CC(=O)N(C)O)ccc-2c(C(=O)OCC)c1N.[NaH]. The maximum absolute atomic E-state index is 12.4. The first kappa shape index (κ1) is 23.9. The number of likely N-dealkylation sites (N-methyl/N-ethyl adjacent to an activating group) is 1. The quantitative estimate of drug-likeness (QED) is 0.327. The second kappa shape index (κ2) is 10.4. The van der Waals surface area contributed by atoms with Crippen molar-refractivity contribution in [1.29, 1.82) is 0 Å². The summed E-state index contributed by atoms with van der Waals surface area (Å²) in [5, 5.41) is 9.73. The first-order valence-electron chi connectivity index (χ1n) is 8.45. The summed E-state index contributed by atoms with van der Waals surface area (Å²) >= 11 is 0. The summed E-state index contributed by atoms with van der Waals surface area (Å²) in [6, 6.07) is 6.45. The molecule has 8 nitrogen and oxygen atoms in total. The van der Waals surface area contributed by atoms with Crippen molar-refractivity contribution in [2.75, 3.05) is 26.0 Å². The van der Waals surface area contributed by atoms with Crippen molar-refractivity contribution >= 4 is 53.1 Å². The molecule has 9 heteroatoms. The van der Waals surface area contributed by atoms with Gasteiger partial charge in [-0.3, -0.25) is 10.0 Å². The van der Waals surface area contributed by atoms with Gasteiger partial charge in [0.2, 0.25) is 5.91 Å². The fraction of sp³-hybridized carbons (Fsp3) is 0.316. The predicted octanol–water partition coefficient (Wildman–Crippen LogP) is 1.47. The Morgan fingerprint density at radius 3 is 1.75 bits per heavy atom. The monoisotopic (exact) mass is 398 g/mol. The topological polar surface area (TPSA) is 119 Å². The van der Waals surface area contributed by atoms with E-state index in [0.717, 1.165) is 0 Å². The number of amides is 1. The van der Waals surface area contributed by atoms with E-state index in [2.05, 4.69) is 0 Å². The van der Waals surface area contributed by atoms with Gasteiger partial charge in [0, 0.05) is 7.05 Å². The fourth-order valence-electron chi connectivity index (χ4n) is 2.72. The number of hydroxylamine groups is 2. The van der Waals surface area contributed by atoms with Gasteiger partial charge in [0.15, 0.2) is 0 Å². The number of nitrogens with zero attached hydrogens (tertiary/aromatic N) is 1. The number of rotatable bonds is 6. The van der Waals surface area contributed by atoms with Crippen molar-refractivity contribution in [1.82, 2.24) is 5.06 Å². The standard InChI is InChI=1S/C19H22N2O6.Na.H/c1-4-26-18(23)15-12-8-6-11(10-14(22)21(3)25)7-9-13(12)16(17(15)20)19(24)27-5-2;;/h6-9,25H,4-5,10,20H2,1-3H3;;. The van der Waals surface area contributed by atoms with Crippen LogP contribution in [0.3, 0.4) is 0 Å². The van der Waals surface area contributed by atoms with Gasteiger partial charge in [0.1, 0.15) is 0 Å². The van der Waals surface area contributed by atoms with Crippen LogP contribution < -0.4 is 5.73 Å². The van der Waals surface area contributed by atoms with Gasteiger partial charge in [0.25, 0.3) is 0 Å². The van der Waals surface area contributed by atoms with E-state index in [9.17, 15) is 19.6 Å². The molecule has 0 aromatic carbocycles. The maximum atomic E-state index is 12.4. The summed E-state index contributed by atoms with van der Waals surface area (Å²) in [5.74, 6) is -1.79. The Labute approximate surface area is 185 Å². The molecule has 0 aromatic rings. The van der Waals surface area contributed by atoms with Gasteiger partial charge in [-0.15, -0.1) is 0 Å². The van der Waals surface area contributed by atoms with Crippen molar-refractivity contribution < 1.29 is 29.1 Å². The van der Waals surface area contributed by atoms with Crippen LogP contribution in [0, 0.1) is 0 Å². The van der Waals surface area contributed by atoms with Crippen molar-refractivity contribution in [3.63, 3.8) is 0 Å². The zero-order valence-corrected chi connectivity index (χ0v) is 15.4. The normalized spacial score (nSPS) is 10.1. The number of fused-ring (bicyclic) bond motifs is 1. The second-order valence-electron chi connectivity index (χ2n) is 5.77. The molecule has 28 heavy (non-hydrogen) atoms. The number of ether oxygens (including phenoxy) is 2. The number of carbonyl (C=O) groups excluding carboxylic acids is 3. The van der Waals surface area contributed by atoms with E-state index in [1.54, 1.807) is 38.1 Å². The van der Waals surface area contributed by atoms with Crippen molar-refractivity contribution in [2.24, 2.45) is 0 Å². The first-order chi connectivity index (χ1) is 12.8. The van der Waals surface area contributed by atoms with E-state index < -0.39 is 17.8 Å². The molecule has 2 rings (SSSR count). The number of hydrogen-bond acceptors (Lipinski definition) is 7. The van der Waals surface area contributed by atoms with Crippen molar-refractivity contribution in [3.05, 3.63) is 41.0 Å². The zero-order valence-electron chi connectivity index (χ0n) is 15.4. The van der Waals surface area contributed by atoms with Crippen molar-refractivity contribution in [2.45, 2.75) is 20.3 Å². The van der Waals surface area contributed by atoms with Gasteiger partial charge in [-0.05, 0) is 30.5 Å². The predicted molar refractivity (Wildman–Crippen MR) is 105 cm³/mol. The van der Waals surface area contributed by atoms with Crippen LogP contribution in [0.2, 0.25) is 0 Å².